The van der Waals surface area contributed by atoms with Crippen molar-refractivity contribution in [2.45, 2.75) is 20.4 Å². The van der Waals surface area contributed by atoms with Gasteiger partial charge in [0.2, 0.25) is 5.91 Å². The molecule has 0 aliphatic heterocycles. The number of nitrogens with one attached hydrogen (secondary N) is 1. The Morgan fingerprint density at radius 2 is 1.96 bits per heavy atom. The molecule has 9 nitrogen and oxygen atoms in total. The van der Waals surface area contributed by atoms with Crippen molar-refractivity contribution in [3.63, 3.8) is 0 Å². The summed E-state index contributed by atoms with van der Waals surface area (Å²) in [7, 11) is 0. The third kappa shape index (κ3) is 5.68. The van der Waals surface area contributed by atoms with Gasteiger partial charge >= 0.3 is 0 Å². The number of hydrogen-bond acceptors (Lipinski definition) is 8. The number of hydrogen-bond donors (Lipinski definition) is 3. The molecule has 0 radical (unpaired) electrons. The van der Waals surface area contributed by atoms with E-state index in [-0.39, 0.29) is 18.8 Å². The quantitative estimate of drug-likeness (QED) is 0.346. The van der Waals surface area contributed by atoms with Gasteiger partial charge in [-0.1, -0.05) is 41.7 Å². The fourth-order valence-electron chi connectivity index (χ4n) is 1.86. The zero-order valence-electron chi connectivity index (χ0n) is 15.0. The highest BCUT2D eigenvalue weighted by atomic mass is 32.1. The summed E-state index contributed by atoms with van der Waals surface area (Å²) in [4.78, 5) is 27.5. The molecule has 10 heteroatoms. The van der Waals surface area contributed by atoms with E-state index in [1.807, 2.05) is 30.3 Å². The predicted molar refractivity (Wildman–Crippen MR) is 105 cm³/mol. The fourth-order valence-corrected chi connectivity index (χ4v) is 2.64. The maximum atomic E-state index is 12.2. The minimum absolute atomic E-state index is 0.0666. The molecule has 2 rings (SSSR count). The second-order valence-electron chi connectivity index (χ2n) is 6.28. The summed E-state index contributed by atoms with van der Waals surface area (Å²) < 4.78 is 0. The SMILES string of the molecule is CC(C)(CN=C/C(=N\N)C(=O)NCc1nnc(-c2ccccc2)s1)C(N)=O. The molecule has 1 aromatic carbocycles. The molecule has 1 heterocycles. The van der Waals surface area contributed by atoms with E-state index in [1.165, 1.54) is 17.6 Å². The summed E-state index contributed by atoms with van der Waals surface area (Å²) in [6.07, 6.45) is 1.22. The molecule has 2 aromatic rings. The average Bonchev–Trinajstić information content (AvgIpc) is 3.13. The highest BCUT2D eigenvalue weighted by Crippen LogP contribution is 2.22. The third-order valence-corrected chi connectivity index (χ3v) is 4.60. The first kappa shape index (κ1) is 20.2. The van der Waals surface area contributed by atoms with Crippen LogP contribution in [0.4, 0.5) is 0 Å². The molecule has 0 aliphatic rings. The fraction of sp³-hybridized carbons (Fsp3) is 0.294. The van der Waals surface area contributed by atoms with Crippen molar-refractivity contribution in [3.05, 3.63) is 35.3 Å². The second kappa shape index (κ2) is 8.99. The smallest absolute Gasteiger partial charge is 0.273 e. The minimum atomic E-state index is -0.826. The lowest BCUT2D eigenvalue weighted by Gasteiger charge is -2.16. The highest BCUT2D eigenvalue weighted by Gasteiger charge is 2.24. The summed E-state index contributed by atoms with van der Waals surface area (Å²) in [5, 5.41) is 15.7. The van der Waals surface area contributed by atoms with Gasteiger partial charge < -0.3 is 16.9 Å². The molecule has 2 amide bonds. The number of carbonyl (C=O) groups is 2. The highest BCUT2D eigenvalue weighted by molar-refractivity contribution is 7.14. The third-order valence-electron chi connectivity index (χ3n) is 3.63. The Kier molecular flexibility index (Phi) is 6.72. The van der Waals surface area contributed by atoms with Crippen LogP contribution >= 0.6 is 11.3 Å². The molecule has 27 heavy (non-hydrogen) atoms. The molecule has 0 saturated carbocycles. The number of hydrazone groups is 1. The van der Waals surface area contributed by atoms with E-state index in [0.717, 1.165) is 10.6 Å². The number of aromatic nitrogens is 2. The van der Waals surface area contributed by atoms with Crippen LogP contribution in [0.25, 0.3) is 10.6 Å². The lowest BCUT2D eigenvalue weighted by atomic mass is 9.93. The zero-order chi connectivity index (χ0) is 19.9. The van der Waals surface area contributed by atoms with Gasteiger partial charge in [0.15, 0.2) is 5.71 Å². The van der Waals surface area contributed by atoms with Gasteiger partial charge in [0.05, 0.1) is 24.7 Å². The van der Waals surface area contributed by atoms with Crippen molar-refractivity contribution in [1.82, 2.24) is 15.5 Å². The molecule has 0 bridgehead atoms. The first-order valence-electron chi connectivity index (χ1n) is 8.07. The van der Waals surface area contributed by atoms with Gasteiger partial charge in [-0.25, -0.2) is 0 Å². The monoisotopic (exact) mass is 387 g/mol. The number of aliphatic imine (C=N–C) groups is 1. The van der Waals surface area contributed by atoms with Gasteiger partial charge in [0, 0.05) is 5.56 Å². The molecule has 0 unspecified atom stereocenters. The van der Waals surface area contributed by atoms with E-state index < -0.39 is 17.2 Å². The second-order valence-corrected chi connectivity index (χ2v) is 7.34. The van der Waals surface area contributed by atoms with Crippen molar-refractivity contribution in [3.8, 4) is 10.6 Å². The van der Waals surface area contributed by atoms with Gasteiger partial charge in [0.25, 0.3) is 5.91 Å². The van der Waals surface area contributed by atoms with E-state index >= 15 is 0 Å². The Bertz CT molecular complexity index is 859. The summed E-state index contributed by atoms with van der Waals surface area (Å²) in [6.45, 7) is 3.62. The van der Waals surface area contributed by atoms with Crippen LogP contribution in [0.5, 0.6) is 0 Å². The zero-order valence-corrected chi connectivity index (χ0v) is 15.9. The van der Waals surface area contributed by atoms with Gasteiger partial charge in [0.1, 0.15) is 10.0 Å². The van der Waals surface area contributed by atoms with Crippen LogP contribution in [0.1, 0.15) is 18.9 Å². The van der Waals surface area contributed by atoms with Gasteiger partial charge in [-0.15, -0.1) is 10.2 Å². The van der Waals surface area contributed by atoms with Crippen LogP contribution < -0.4 is 16.9 Å². The summed E-state index contributed by atoms with van der Waals surface area (Å²) in [5.41, 5.74) is 5.34. The van der Waals surface area contributed by atoms with Crippen LogP contribution in [0.15, 0.2) is 40.4 Å². The molecule has 0 aliphatic carbocycles. The number of rotatable bonds is 8. The van der Waals surface area contributed by atoms with Crippen LogP contribution in [0.3, 0.4) is 0 Å². The number of amides is 2. The van der Waals surface area contributed by atoms with E-state index in [0.29, 0.717) is 5.01 Å². The van der Waals surface area contributed by atoms with Crippen molar-refractivity contribution in [1.29, 1.82) is 0 Å². The summed E-state index contributed by atoms with van der Waals surface area (Å²) in [5.74, 6) is 4.26. The molecule has 1 aromatic heterocycles. The van der Waals surface area contributed by atoms with Crippen LogP contribution in [0, 0.1) is 5.41 Å². The molecule has 0 fully saturated rings. The van der Waals surface area contributed by atoms with Crippen LogP contribution in [-0.4, -0.2) is 40.5 Å². The number of primary amides is 1. The standard InChI is InChI=1S/C17H21N7O2S/c1-17(2,16(18)26)10-20-8-12(22-19)14(25)21-9-13-23-24-15(27-13)11-6-4-3-5-7-11/h3-8H,9-10,19H2,1-2H3,(H2,18,26)(H,21,25)/b20-8?,22-12+. The molecule has 142 valence electrons. The van der Waals surface area contributed by atoms with E-state index in [1.54, 1.807) is 13.8 Å². The molecular weight excluding hydrogens is 366 g/mol. The summed E-state index contributed by atoms with van der Waals surface area (Å²) in [6, 6.07) is 9.63. The topological polar surface area (TPSA) is 149 Å². The first-order valence-corrected chi connectivity index (χ1v) is 8.89. The van der Waals surface area contributed by atoms with Crippen LogP contribution in [0.2, 0.25) is 0 Å². The lowest BCUT2D eigenvalue weighted by molar-refractivity contribution is -0.125. The van der Waals surface area contributed by atoms with Crippen molar-refractivity contribution < 1.29 is 9.59 Å². The minimum Gasteiger partial charge on any atom is -0.369 e. The number of carbonyl (C=O) groups excluding carboxylic acids is 2. The Morgan fingerprint density at radius 3 is 2.59 bits per heavy atom. The number of benzene rings is 1. The maximum Gasteiger partial charge on any atom is 0.273 e. The molecule has 5 N–H and O–H groups in total. The van der Waals surface area contributed by atoms with Gasteiger partial charge in [-0.2, -0.15) is 5.10 Å². The van der Waals surface area contributed by atoms with Crippen LogP contribution in [-0.2, 0) is 16.1 Å². The number of nitrogens with two attached hydrogens (primary N) is 2. The Hall–Kier alpha value is -3.14. The van der Waals surface area contributed by atoms with E-state index in [4.69, 9.17) is 11.6 Å². The number of nitrogens with zero attached hydrogens (tertiary/aromatic N) is 4. The van der Waals surface area contributed by atoms with Crippen molar-refractivity contribution >= 4 is 35.1 Å². The lowest BCUT2D eigenvalue weighted by Crippen LogP contribution is -2.35. The summed E-state index contributed by atoms with van der Waals surface area (Å²) >= 11 is 1.38. The molecular formula is C17H21N7O2S. The Balaban J connectivity index is 1.92. The average molecular weight is 387 g/mol. The predicted octanol–water partition coefficient (Wildman–Crippen LogP) is 0.718. The molecule has 0 atom stereocenters. The van der Waals surface area contributed by atoms with Crippen molar-refractivity contribution in [2.75, 3.05) is 6.54 Å². The van der Waals surface area contributed by atoms with Gasteiger partial charge in [-0.3, -0.25) is 14.6 Å². The Labute approximate surface area is 160 Å². The van der Waals surface area contributed by atoms with Crippen molar-refractivity contribution in [2.24, 2.45) is 27.1 Å². The maximum absolute atomic E-state index is 12.2. The van der Waals surface area contributed by atoms with E-state index in [9.17, 15) is 9.59 Å². The Morgan fingerprint density at radius 1 is 1.26 bits per heavy atom. The largest absolute Gasteiger partial charge is 0.369 e. The molecule has 0 spiro atoms. The molecule has 0 saturated heterocycles. The van der Waals surface area contributed by atoms with Gasteiger partial charge in [-0.05, 0) is 13.8 Å². The normalized spacial score (nSPS) is 12.3. The van der Waals surface area contributed by atoms with E-state index in [2.05, 4.69) is 25.6 Å². The first-order chi connectivity index (χ1) is 12.8.